The van der Waals surface area contributed by atoms with Crippen LogP contribution in [0.2, 0.25) is 0 Å². The molecule has 1 aliphatic heterocycles. The molecular weight excluding hydrogens is 561 g/mol. The molecule has 1 atom stereocenters. The van der Waals surface area contributed by atoms with Crippen LogP contribution in [0.4, 0.5) is 4.39 Å². The van der Waals surface area contributed by atoms with Crippen LogP contribution in [0.25, 0.3) is 0 Å². The van der Waals surface area contributed by atoms with Crippen LogP contribution in [0.3, 0.4) is 0 Å². The number of thiophene rings is 1. The molecule has 1 unspecified atom stereocenters. The lowest BCUT2D eigenvalue weighted by molar-refractivity contribution is -0.123. The van der Waals surface area contributed by atoms with E-state index in [-0.39, 0.29) is 36.0 Å². The minimum Gasteiger partial charge on any atom is -0.348 e. The number of carbonyl (C=O) groups excluding carboxylic acids is 2. The third-order valence-corrected chi connectivity index (χ3v) is 7.94. The number of hydrogen-bond acceptors (Lipinski definition) is 5. The molecule has 4 rings (SSSR count). The summed E-state index contributed by atoms with van der Waals surface area (Å²) in [4.78, 5) is 29.3. The van der Waals surface area contributed by atoms with E-state index in [1.165, 1.54) is 23.5 Å². The van der Waals surface area contributed by atoms with E-state index >= 15 is 0 Å². The average Bonchev–Trinajstić information content (AvgIpc) is 3.16. The second-order valence-corrected chi connectivity index (χ2v) is 11.0. The van der Waals surface area contributed by atoms with Crippen LogP contribution in [-0.4, -0.2) is 54.2 Å². The van der Waals surface area contributed by atoms with E-state index in [1.54, 1.807) is 0 Å². The Morgan fingerprint density at radius 3 is 2.40 bits per heavy atom. The molecule has 1 saturated heterocycles. The third-order valence-electron chi connectivity index (χ3n) is 5.36. The molecule has 1 fully saturated rings. The predicted octanol–water partition coefficient (Wildman–Crippen LogP) is 4.40. The van der Waals surface area contributed by atoms with Gasteiger partial charge in [0.25, 0.3) is 0 Å². The monoisotopic (exact) mass is 579 g/mol. The maximum absolute atomic E-state index is 13.0. The van der Waals surface area contributed by atoms with Gasteiger partial charge in [-0.15, -0.1) is 23.7 Å². The van der Waals surface area contributed by atoms with Crippen molar-refractivity contribution in [3.05, 3.63) is 54.3 Å². The Kier molecular flexibility index (Phi) is 8.09. The largest absolute Gasteiger partial charge is 0.348 e. The number of Topliss-reactive ketones (excluding diaryl/α,β-unsaturated/α-hetero) is 1. The molecule has 0 radical (unpaired) electrons. The van der Waals surface area contributed by atoms with Gasteiger partial charge in [0.2, 0.25) is 5.91 Å². The van der Waals surface area contributed by atoms with Crippen LogP contribution >= 0.6 is 55.6 Å². The van der Waals surface area contributed by atoms with Gasteiger partial charge >= 0.3 is 0 Å². The predicted molar refractivity (Wildman–Crippen MR) is 125 cm³/mol. The molecule has 0 bridgehead atoms. The van der Waals surface area contributed by atoms with Crippen molar-refractivity contribution in [1.29, 1.82) is 0 Å². The first-order valence-corrected chi connectivity index (χ1v) is 11.8. The molecule has 0 spiro atoms. The van der Waals surface area contributed by atoms with Crippen LogP contribution in [-0.2, 0) is 11.3 Å². The van der Waals surface area contributed by atoms with E-state index in [2.05, 4.69) is 47.0 Å². The SMILES string of the molecule is Cl.O=C(CN1CCN(Cc2ccc(F)cc2)CC1)NC1CC(=O)c2c(Br)sc(Br)c21. The molecule has 1 amide bonds. The van der Waals surface area contributed by atoms with E-state index in [9.17, 15) is 14.0 Å². The molecule has 1 aliphatic carbocycles. The summed E-state index contributed by atoms with van der Waals surface area (Å²) in [7, 11) is 0. The van der Waals surface area contributed by atoms with Gasteiger partial charge in [0.15, 0.2) is 5.78 Å². The summed E-state index contributed by atoms with van der Waals surface area (Å²) in [6.45, 7) is 4.44. The Hall–Kier alpha value is -0.840. The van der Waals surface area contributed by atoms with Gasteiger partial charge in [0, 0.05) is 50.3 Å². The van der Waals surface area contributed by atoms with E-state index in [4.69, 9.17) is 0 Å². The third kappa shape index (κ3) is 5.31. The maximum Gasteiger partial charge on any atom is 0.234 e. The second kappa shape index (κ2) is 10.2. The zero-order valence-corrected chi connectivity index (χ0v) is 20.8. The van der Waals surface area contributed by atoms with Crippen LogP contribution in [0, 0.1) is 5.82 Å². The number of carbonyl (C=O) groups is 2. The van der Waals surface area contributed by atoms with E-state index in [0.29, 0.717) is 18.5 Å². The van der Waals surface area contributed by atoms with Gasteiger partial charge in [-0.3, -0.25) is 19.4 Å². The number of amides is 1. The maximum atomic E-state index is 13.0. The first kappa shape index (κ1) is 23.8. The quantitative estimate of drug-likeness (QED) is 0.569. The molecule has 2 aliphatic rings. The van der Waals surface area contributed by atoms with Crippen molar-refractivity contribution in [1.82, 2.24) is 15.1 Å². The van der Waals surface area contributed by atoms with Crippen LogP contribution in [0.1, 0.15) is 33.9 Å². The molecule has 162 valence electrons. The van der Waals surface area contributed by atoms with Gasteiger partial charge in [-0.25, -0.2) is 4.39 Å². The molecule has 2 aromatic rings. The number of hydrogen-bond donors (Lipinski definition) is 1. The fraction of sp³-hybridized carbons (Fsp3) is 0.400. The minimum absolute atomic E-state index is 0. The highest BCUT2D eigenvalue weighted by Crippen LogP contribution is 2.46. The smallest absolute Gasteiger partial charge is 0.234 e. The van der Waals surface area contributed by atoms with Crippen LogP contribution in [0.15, 0.2) is 31.8 Å². The van der Waals surface area contributed by atoms with Gasteiger partial charge in [-0.05, 0) is 49.6 Å². The molecule has 1 aromatic heterocycles. The number of halogens is 4. The van der Waals surface area contributed by atoms with Crippen molar-refractivity contribution in [2.24, 2.45) is 0 Å². The Morgan fingerprint density at radius 2 is 1.73 bits per heavy atom. The summed E-state index contributed by atoms with van der Waals surface area (Å²) >= 11 is 8.42. The Labute approximate surface area is 201 Å². The van der Waals surface area contributed by atoms with Gasteiger partial charge in [-0.1, -0.05) is 12.1 Å². The zero-order chi connectivity index (χ0) is 20.5. The molecule has 0 saturated carbocycles. The lowest BCUT2D eigenvalue weighted by Gasteiger charge is -2.34. The van der Waals surface area contributed by atoms with Gasteiger partial charge in [0.05, 0.1) is 20.2 Å². The zero-order valence-electron chi connectivity index (χ0n) is 16.0. The standard InChI is InChI=1S/C20H20Br2FN3O2S.ClH/c21-19-17-14(9-15(27)18(17)20(22)29-19)24-16(28)11-26-7-5-25(6-8-26)10-12-1-3-13(23)4-2-12;/h1-4,14H,5-11H2,(H,24,28);1H. The van der Waals surface area contributed by atoms with Crippen molar-refractivity contribution in [3.8, 4) is 0 Å². The van der Waals surface area contributed by atoms with Gasteiger partial charge < -0.3 is 5.32 Å². The number of fused-ring (bicyclic) bond motifs is 1. The summed E-state index contributed by atoms with van der Waals surface area (Å²) in [5.74, 6) is -0.215. The van der Waals surface area contributed by atoms with Crippen molar-refractivity contribution >= 4 is 67.3 Å². The van der Waals surface area contributed by atoms with Crippen molar-refractivity contribution in [2.75, 3.05) is 32.7 Å². The highest BCUT2D eigenvalue weighted by atomic mass is 79.9. The molecule has 30 heavy (non-hydrogen) atoms. The summed E-state index contributed by atoms with van der Waals surface area (Å²) in [5, 5.41) is 3.03. The molecular formula is C20H21Br2ClFN3O2S. The second-order valence-electron chi connectivity index (χ2n) is 7.36. The highest BCUT2D eigenvalue weighted by Gasteiger charge is 2.36. The lowest BCUT2D eigenvalue weighted by atomic mass is 10.2. The molecule has 10 heteroatoms. The van der Waals surface area contributed by atoms with Crippen LogP contribution < -0.4 is 5.32 Å². The number of rotatable bonds is 5. The van der Waals surface area contributed by atoms with E-state index in [0.717, 1.165) is 51.4 Å². The van der Waals surface area contributed by atoms with E-state index in [1.807, 2.05) is 12.1 Å². The van der Waals surface area contributed by atoms with Crippen molar-refractivity contribution < 1.29 is 14.0 Å². The first-order chi connectivity index (χ1) is 13.9. The number of nitrogens with zero attached hydrogens (tertiary/aromatic N) is 2. The van der Waals surface area contributed by atoms with Crippen LogP contribution in [0.5, 0.6) is 0 Å². The summed E-state index contributed by atoms with van der Waals surface area (Å²) in [6, 6.07) is 6.33. The topological polar surface area (TPSA) is 52.7 Å². The Balaban J connectivity index is 0.00000256. The van der Waals surface area contributed by atoms with E-state index < -0.39 is 0 Å². The normalized spacial score (nSPS) is 19.4. The number of benzene rings is 1. The Morgan fingerprint density at radius 1 is 1.10 bits per heavy atom. The molecule has 1 aromatic carbocycles. The van der Waals surface area contributed by atoms with Gasteiger partial charge in [-0.2, -0.15) is 0 Å². The van der Waals surface area contributed by atoms with Gasteiger partial charge in [0.1, 0.15) is 5.82 Å². The fourth-order valence-corrected chi connectivity index (χ4v) is 7.24. The number of nitrogens with one attached hydrogen (secondary N) is 1. The average molecular weight is 582 g/mol. The summed E-state index contributed by atoms with van der Waals surface area (Å²) in [5.41, 5.74) is 2.68. The van der Waals surface area contributed by atoms with Crippen molar-refractivity contribution in [3.63, 3.8) is 0 Å². The lowest BCUT2D eigenvalue weighted by Crippen LogP contribution is -2.49. The van der Waals surface area contributed by atoms with Crippen molar-refractivity contribution in [2.45, 2.75) is 19.0 Å². The molecule has 1 N–H and O–H groups in total. The molecule has 2 heterocycles. The summed E-state index contributed by atoms with van der Waals surface area (Å²) < 4.78 is 14.7. The highest BCUT2D eigenvalue weighted by molar-refractivity contribution is 9.12. The summed E-state index contributed by atoms with van der Waals surface area (Å²) in [6.07, 6.45) is 0.312. The molecule has 5 nitrogen and oxygen atoms in total. The minimum atomic E-state index is -0.262. The Bertz CT molecular complexity index is 933. The fourth-order valence-electron chi connectivity index (χ4n) is 3.87. The number of ketones is 1. The number of piperazine rings is 1. The first-order valence-electron chi connectivity index (χ1n) is 9.40.